The van der Waals surface area contributed by atoms with E-state index in [4.69, 9.17) is 5.26 Å². The topological polar surface area (TPSA) is 27.0 Å². The van der Waals surface area contributed by atoms with Crippen LogP contribution < -0.4 is 0 Å². The van der Waals surface area contributed by atoms with Gasteiger partial charge >= 0.3 is 0 Å². The predicted molar refractivity (Wildman–Crippen MR) is 62.6 cm³/mol. The number of nitrogens with zero attached hydrogens (tertiary/aromatic N) is 2. The maximum absolute atomic E-state index is 9.16. The number of likely N-dealkylation sites (tertiary alicyclic amines) is 1. The molecule has 0 radical (unpaired) electrons. The highest BCUT2D eigenvalue weighted by Crippen LogP contribution is 2.58. The van der Waals surface area contributed by atoms with Crippen LogP contribution in [0.1, 0.15) is 24.9 Å². The fraction of sp³-hybridized carbons (Fsp3) is 0.500. The van der Waals surface area contributed by atoms with Gasteiger partial charge in [-0.25, -0.2) is 0 Å². The molecule has 82 valence electrons. The fourth-order valence-corrected chi connectivity index (χ4v) is 2.93. The van der Waals surface area contributed by atoms with Crippen LogP contribution in [0.5, 0.6) is 0 Å². The summed E-state index contributed by atoms with van der Waals surface area (Å²) in [5.41, 5.74) is 1.38. The van der Waals surface area contributed by atoms with Crippen LogP contribution in [0, 0.1) is 22.7 Å². The van der Waals surface area contributed by atoms with Gasteiger partial charge in [-0.1, -0.05) is 30.3 Å². The van der Waals surface area contributed by atoms with Crippen molar-refractivity contribution in [1.82, 2.24) is 4.90 Å². The molecule has 0 spiro atoms. The molecule has 3 atom stereocenters. The molecule has 0 amide bonds. The number of rotatable bonds is 2. The quantitative estimate of drug-likeness (QED) is 0.753. The molecule has 0 N–H and O–H groups in total. The van der Waals surface area contributed by atoms with Crippen LogP contribution >= 0.6 is 0 Å². The van der Waals surface area contributed by atoms with Crippen molar-refractivity contribution in [2.24, 2.45) is 11.3 Å². The summed E-state index contributed by atoms with van der Waals surface area (Å²) >= 11 is 0. The van der Waals surface area contributed by atoms with Gasteiger partial charge in [0.1, 0.15) is 0 Å². The van der Waals surface area contributed by atoms with E-state index in [0.717, 1.165) is 19.5 Å². The lowest BCUT2D eigenvalue weighted by atomic mass is 10.1. The molecule has 2 unspecified atom stereocenters. The second kappa shape index (κ2) is 3.33. The van der Waals surface area contributed by atoms with Crippen LogP contribution in [-0.2, 0) is 0 Å². The Labute approximate surface area is 96.5 Å². The van der Waals surface area contributed by atoms with Gasteiger partial charge in [-0.3, -0.25) is 4.90 Å². The van der Waals surface area contributed by atoms with Crippen LogP contribution in [0.4, 0.5) is 0 Å². The highest BCUT2D eigenvalue weighted by Gasteiger charge is 2.61. The van der Waals surface area contributed by atoms with E-state index in [2.05, 4.69) is 48.2 Å². The van der Waals surface area contributed by atoms with E-state index in [1.807, 2.05) is 0 Å². The first-order valence-corrected chi connectivity index (χ1v) is 5.95. The average molecular weight is 212 g/mol. The highest BCUT2D eigenvalue weighted by atomic mass is 15.2. The van der Waals surface area contributed by atoms with Crippen molar-refractivity contribution in [3.8, 4) is 6.07 Å². The molecule has 1 aromatic rings. The Hall–Kier alpha value is -1.33. The van der Waals surface area contributed by atoms with E-state index in [0.29, 0.717) is 12.0 Å². The smallest absolute Gasteiger partial charge is 0.0745 e. The van der Waals surface area contributed by atoms with Gasteiger partial charge in [0.15, 0.2) is 0 Å². The maximum Gasteiger partial charge on any atom is 0.0745 e. The lowest BCUT2D eigenvalue weighted by Crippen LogP contribution is -2.27. The number of benzene rings is 1. The van der Waals surface area contributed by atoms with Crippen LogP contribution in [0.2, 0.25) is 0 Å². The van der Waals surface area contributed by atoms with E-state index in [-0.39, 0.29) is 5.41 Å². The second-order valence-electron chi connectivity index (χ2n) is 5.19. The number of piperidine rings is 1. The second-order valence-corrected chi connectivity index (χ2v) is 5.19. The normalized spacial score (nSPS) is 34.1. The summed E-state index contributed by atoms with van der Waals surface area (Å²) in [6.45, 7) is 4.30. The molecule has 1 aliphatic carbocycles. The molecule has 1 aromatic carbocycles. The number of hydrogen-bond donors (Lipinski definition) is 0. The molecule has 0 aromatic heterocycles. The molecule has 2 aliphatic rings. The Morgan fingerprint density at radius 1 is 1.44 bits per heavy atom. The molecule has 2 fully saturated rings. The molecule has 0 bridgehead atoms. The van der Waals surface area contributed by atoms with Crippen molar-refractivity contribution >= 4 is 0 Å². The summed E-state index contributed by atoms with van der Waals surface area (Å²) in [5.74, 6) is 0.642. The van der Waals surface area contributed by atoms with E-state index in [1.54, 1.807) is 0 Å². The van der Waals surface area contributed by atoms with Gasteiger partial charge in [-0.15, -0.1) is 0 Å². The average Bonchev–Trinajstić information content (AvgIpc) is 2.92. The Balaban J connectivity index is 1.75. The molecular formula is C14H16N2. The number of hydrogen-bond acceptors (Lipinski definition) is 2. The Bertz CT molecular complexity index is 434. The van der Waals surface area contributed by atoms with Crippen LogP contribution in [-0.4, -0.2) is 18.0 Å². The summed E-state index contributed by atoms with van der Waals surface area (Å²) in [6.07, 6.45) is 1.13. The third kappa shape index (κ3) is 1.36. The van der Waals surface area contributed by atoms with Crippen molar-refractivity contribution < 1.29 is 0 Å². The molecular weight excluding hydrogens is 196 g/mol. The molecule has 2 heteroatoms. The summed E-state index contributed by atoms with van der Waals surface area (Å²) in [6, 6.07) is 13.5. The van der Waals surface area contributed by atoms with Crippen LogP contribution in [0.15, 0.2) is 30.3 Å². The van der Waals surface area contributed by atoms with Gasteiger partial charge in [-0.2, -0.15) is 5.26 Å². The Morgan fingerprint density at radius 2 is 2.19 bits per heavy atom. The molecule has 16 heavy (non-hydrogen) atoms. The van der Waals surface area contributed by atoms with Gasteiger partial charge in [-0.05, 0) is 24.8 Å². The SMILES string of the molecule is C[C@@H](c1ccccc1)N1CC2CC2(C#N)C1. The van der Waals surface area contributed by atoms with Crippen LogP contribution in [0.25, 0.3) is 0 Å². The first kappa shape index (κ1) is 9.86. The minimum Gasteiger partial charge on any atom is -0.295 e. The Kier molecular flexibility index (Phi) is 2.05. The van der Waals surface area contributed by atoms with Gasteiger partial charge in [0.25, 0.3) is 0 Å². The third-order valence-electron chi connectivity index (χ3n) is 4.22. The molecule has 1 saturated heterocycles. The van der Waals surface area contributed by atoms with Crippen LogP contribution in [0.3, 0.4) is 0 Å². The number of fused-ring (bicyclic) bond motifs is 1. The lowest BCUT2D eigenvalue weighted by Gasteiger charge is -2.26. The molecule has 1 saturated carbocycles. The largest absolute Gasteiger partial charge is 0.295 e. The Morgan fingerprint density at radius 3 is 2.81 bits per heavy atom. The van der Waals surface area contributed by atoms with Crippen molar-refractivity contribution in [2.45, 2.75) is 19.4 Å². The lowest BCUT2D eigenvalue weighted by molar-refractivity contribution is 0.228. The summed E-state index contributed by atoms with van der Waals surface area (Å²) in [4.78, 5) is 2.45. The fourth-order valence-electron chi connectivity index (χ4n) is 2.93. The zero-order valence-corrected chi connectivity index (χ0v) is 9.56. The highest BCUT2D eigenvalue weighted by molar-refractivity contribution is 5.25. The standard InChI is InChI=1S/C14H16N2/c1-11(12-5-3-2-4-6-12)16-8-13-7-14(13,9-15)10-16/h2-6,11,13H,7-8,10H2,1H3/t11-,13?,14?/m0/s1. The zero-order chi connectivity index (χ0) is 11.2. The first-order chi connectivity index (χ1) is 7.75. The molecule has 3 rings (SSSR count). The third-order valence-corrected chi connectivity index (χ3v) is 4.22. The van der Waals surface area contributed by atoms with Gasteiger partial charge in [0, 0.05) is 19.1 Å². The van der Waals surface area contributed by atoms with Crippen molar-refractivity contribution in [2.75, 3.05) is 13.1 Å². The summed E-state index contributed by atoms with van der Waals surface area (Å²) < 4.78 is 0. The van der Waals surface area contributed by atoms with Crippen molar-refractivity contribution in [3.05, 3.63) is 35.9 Å². The van der Waals surface area contributed by atoms with Gasteiger partial charge in [0.2, 0.25) is 0 Å². The summed E-state index contributed by atoms with van der Waals surface area (Å²) in [5, 5.41) is 9.16. The molecule has 1 heterocycles. The monoisotopic (exact) mass is 212 g/mol. The minimum absolute atomic E-state index is 0.0169. The maximum atomic E-state index is 9.16. The van der Waals surface area contributed by atoms with Gasteiger partial charge in [0.05, 0.1) is 11.5 Å². The molecule has 2 nitrogen and oxygen atoms in total. The molecule has 1 aliphatic heterocycles. The van der Waals surface area contributed by atoms with Crippen molar-refractivity contribution in [3.63, 3.8) is 0 Å². The predicted octanol–water partition coefficient (Wildman–Crippen LogP) is 2.59. The zero-order valence-electron chi connectivity index (χ0n) is 9.56. The number of nitriles is 1. The van der Waals surface area contributed by atoms with Gasteiger partial charge < -0.3 is 0 Å². The first-order valence-electron chi connectivity index (χ1n) is 5.95. The van der Waals surface area contributed by atoms with E-state index in [1.165, 1.54) is 5.56 Å². The van der Waals surface area contributed by atoms with Crippen molar-refractivity contribution in [1.29, 1.82) is 5.26 Å². The van der Waals surface area contributed by atoms with E-state index < -0.39 is 0 Å². The summed E-state index contributed by atoms with van der Waals surface area (Å²) in [7, 11) is 0. The minimum atomic E-state index is 0.0169. The van der Waals surface area contributed by atoms with E-state index >= 15 is 0 Å². The van der Waals surface area contributed by atoms with E-state index in [9.17, 15) is 0 Å².